The average Bonchev–Trinajstić information content (AvgIpc) is 3.04. The fourth-order valence-corrected chi connectivity index (χ4v) is 6.25. The van der Waals surface area contributed by atoms with E-state index in [2.05, 4.69) is 14.2 Å². The number of hydrogen-bond donors (Lipinski definition) is 7. The van der Waals surface area contributed by atoms with Crippen LogP contribution in [-0.2, 0) is 40.3 Å². The van der Waals surface area contributed by atoms with Crippen molar-refractivity contribution in [1.29, 1.82) is 0 Å². The Morgan fingerprint density at radius 1 is 1.16 bits per heavy atom. The van der Waals surface area contributed by atoms with Crippen molar-refractivity contribution in [3.05, 3.63) is 62.4 Å². The van der Waals surface area contributed by atoms with Gasteiger partial charge in [-0.15, -0.1) is 0 Å². The van der Waals surface area contributed by atoms with E-state index in [0.29, 0.717) is 0 Å². The summed E-state index contributed by atoms with van der Waals surface area (Å²) in [6.45, 7) is -0.122. The van der Waals surface area contributed by atoms with E-state index < -0.39 is 76.5 Å². The SMILES string of the molecule is CC(=O)Nc1cc(CO)cc(CP(=O)(O)OP(=O)(O)OC[C@H]2O[C@@H](n3ccc(=O)[nH]c3=O)[C@@H](O)C2O)c1. The lowest BCUT2D eigenvalue weighted by molar-refractivity contribution is -0.114. The third-order valence-corrected chi connectivity index (χ3v) is 8.12. The van der Waals surface area contributed by atoms with Crippen LogP contribution in [0.15, 0.2) is 40.1 Å². The van der Waals surface area contributed by atoms with Crippen molar-refractivity contribution >= 4 is 27.0 Å². The first-order valence-electron chi connectivity index (χ1n) is 10.5. The van der Waals surface area contributed by atoms with Crippen molar-refractivity contribution in [1.82, 2.24) is 9.55 Å². The third kappa shape index (κ3) is 7.75. The largest absolute Gasteiger partial charge is 0.479 e. The van der Waals surface area contributed by atoms with Crippen LogP contribution in [0.4, 0.5) is 5.69 Å². The van der Waals surface area contributed by atoms with Gasteiger partial charge in [-0.3, -0.25) is 28.2 Å². The Morgan fingerprint density at radius 2 is 1.84 bits per heavy atom. The van der Waals surface area contributed by atoms with Crippen LogP contribution in [0, 0.1) is 0 Å². The van der Waals surface area contributed by atoms with Gasteiger partial charge in [0.1, 0.15) is 18.3 Å². The summed E-state index contributed by atoms with van der Waals surface area (Å²) in [5, 5.41) is 32.2. The lowest BCUT2D eigenvalue weighted by atomic mass is 10.1. The minimum absolute atomic E-state index is 0.0907. The molecular formula is C19H25N3O13P2. The lowest BCUT2D eigenvalue weighted by Crippen LogP contribution is -2.37. The number of benzene rings is 1. The summed E-state index contributed by atoms with van der Waals surface area (Å²) in [7, 11) is -10.1. The molecule has 1 aliphatic heterocycles. The molecule has 1 amide bonds. The second-order valence-corrected chi connectivity index (χ2v) is 11.5. The number of ether oxygens (including phenoxy) is 1. The van der Waals surface area contributed by atoms with Gasteiger partial charge in [0.25, 0.3) is 5.56 Å². The highest BCUT2D eigenvalue weighted by Crippen LogP contribution is 2.61. The molecule has 2 heterocycles. The van der Waals surface area contributed by atoms with Crippen molar-refractivity contribution < 1.29 is 52.6 Å². The third-order valence-electron chi connectivity index (χ3n) is 5.03. The molecule has 1 saturated heterocycles. The van der Waals surface area contributed by atoms with Crippen LogP contribution in [0.5, 0.6) is 0 Å². The highest BCUT2D eigenvalue weighted by atomic mass is 31.3. The number of anilines is 1. The summed E-state index contributed by atoms with van der Waals surface area (Å²) < 4.78 is 40.1. The lowest BCUT2D eigenvalue weighted by Gasteiger charge is -2.20. The molecule has 0 saturated carbocycles. The molecule has 0 bridgehead atoms. The number of carbonyl (C=O) groups is 1. The molecule has 1 aliphatic rings. The maximum Gasteiger partial charge on any atom is 0.479 e. The number of phosphoric acid groups is 1. The first-order valence-corrected chi connectivity index (χ1v) is 13.8. The Kier molecular flexibility index (Phi) is 9.03. The van der Waals surface area contributed by atoms with Crippen molar-refractivity contribution in [2.45, 2.75) is 44.2 Å². The Balaban J connectivity index is 1.66. The predicted molar refractivity (Wildman–Crippen MR) is 124 cm³/mol. The zero-order valence-electron chi connectivity index (χ0n) is 19.2. The highest BCUT2D eigenvalue weighted by Gasteiger charge is 2.45. The molecule has 1 aromatic heterocycles. The second kappa shape index (κ2) is 11.5. The monoisotopic (exact) mass is 565 g/mol. The minimum atomic E-state index is -5.23. The van der Waals surface area contributed by atoms with Crippen molar-refractivity contribution in [3.63, 3.8) is 0 Å². The van der Waals surface area contributed by atoms with Gasteiger partial charge in [0.15, 0.2) is 6.23 Å². The van der Waals surface area contributed by atoms with Gasteiger partial charge in [-0.25, -0.2) is 13.7 Å². The number of nitrogens with one attached hydrogen (secondary N) is 2. The van der Waals surface area contributed by atoms with Gasteiger partial charge in [0.05, 0.1) is 19.4 Å². The van der Waals surface area contributed by atoms with Gasteiger partial charge in [-0.05, 0) is 23.3 Å². The minimum Gasteiger partial charge on any atom is -0.392 e. The molecule has 37 heavy (non-hydrogen) atoms. The number of phosphoric ester groups is 1. The van der Waals surface area contributed by atoms with Gasteiger partial charge in [-0.2, -0.15) is 0 Å². The van der Waals surface area contributed by atoms with Crippen LogP contribution in [0.1, 0.15) is 24.3 Å². The first kappa shape index (κ1) is 29.1. The van der Waals surface area contributed by atoms with Crippen molar-refractivity contribution in [2.24, 2.45) is 0 Å². The van der Waals surface area contributed by atoms with Crippen LogP contribution >= 0.6 is 15.4 Å². The number of H-pyrrole nitrogens is 1. The number of nitrogens with zero attached hydrogens (tertiary/aromatic N) is 1. The Hall–Kier alpha value is -2.49. The molecule has 18 heteroatoms. The van der Waals surface area contributed by atoms with Crippen LogP contribution in [0.2, 0.25) is 0 Å². The number of aliphatic hydroxyl groups is 3. The molecule has 3 unspecified atom stereocenters. The average molecular weight is 565 g/mol. The standard InChI is InChI=1S/C19H25N3O13P2/c1-10(24)20-13-5-11(7-23)4-12(6-13)9-36(29,30)35-37(31,32)33-8-14-16(26)17(27)18(34-14)22-3-2-15(25)21-19(22)28/h2-6,14,16-18,23,26-27H,7-9H2,1H3,(H,20,24)(H,29,30)(H,31,32)(H,21,25,28)/t14-,16?,17+,18-/m1/s1. The molecule has 2 aromatic rings. The van der Waals surface area contributed by atoms with E-state index in [1.54, 1.807) is 0 Å². The van der Waals surface area contributed by atoms with Gasteiger partial charge >= 0.3 is 21.1 Å². The van der Waals surface area contributed by atoms with Gasteiger partial charge in [0.2, 0.25) is 5.91 Å². The number of amides is 1. The molecule has 0 radical (unpaired) electrons. The second-order valence-electron chi connectivity index (χ2n) is 8.08. The highest BCUT2D eigenvalue weighted by molar-refractivity contribution is 7.63. The van der Waals surface area contributed by atoms with Gasteiger partial charge in [-0.1, -0.05) is 6.07 Å². The molecule has 6 atom stereocenters. The summed E-state index contributed by atoms with van der Waals surface area (Å²) in [5.74, 6) is -0.438. The van der Waals surface area contributed by atoms with Crippen LogP contribution < -0.4 is 16.6 Å². The van der Waals surface area contributed by atoms with Crippen molar-refractivity contribution in [2.75, 3.05) is 11.9 Å². The molecule has 1 aromatic carbocycles. The molecule has 1 fully saturated rings. The molecule has 0 spiro atoms. The number of aliphatic hydroxyl groups excluding tert-OH is 3. The summed E-state index contributed by atoms with van der Waals surface area (Å²) >= 11 is 0. The van der Waals surface area contributed by atoms with E-state index in [0.717, 1.165) is 16.8 Å². The summed E-state index contributed by atoms with van der Waals surface area (Å²) in [6.07, 6.45) is -6.14. The molecule has 0 aliphatic carbocycles. The Bertz CT molecular complexity index is 1360. The molecule has 7 N–H and O–H groups in total. The Labute approximate surface area is 208 Å². The maximum absolute atomic E-state index is 12.5. The number of aromatic amines is 1. The zero-order chi connectivity index (χ0) is 27.5. The molecule has 16 nitrogen and oxygen atoms in total. The smallest absolute Gasteiger partial charge is 0.392 e. The van der Waals surface area contributed by atoms with E-state index in [4.69, 9.17) is 4.74 Å². The fraction of sp³-hybridized carbons (Fsp3) is 0.421. The van der Waals surface area contributed by atoms with E-state index >= 15 is 0 Å². The Morgan fingerprint density at radius 3 is 2.46 bits per heavy atom. The van der Waals surface area contributed by atoms with Gasteiger partial charge in [0, 0.05) is 24.9 Å². The van der Waals surface area contributed by atoms with E-state index in [-0.39, 0.29) is 16.8 Å². The quantitative estimate of drug-likeness (QED) is 0.173. The van der Waals surface area contributed by atoms with Gasteiger partial charge < -0.3 is 35.2 Å². The van der Waals surface area contributed by atoms with Crippen LogP contribution in [-0.4, -0.2) is 65.5 Å². The number of aromatic nitrogens is 2. The topological polar surface area (TPSA) is 247 Å². The first-order chi connectivity index (χ1) is 17.2. The number of hydrogen-bond acceptors (Lipinski definition) is 11. The van der Waals surface area contributed by atoms with Crippen molar-refractivity contribution in [3.8, 4) is 0 Å². The zero-order valence-corrected chi connectivity index (χ0v) is 21.0. The summed E-state index contributed by atoms with van der Waals surface area (Å²) in [6, 6.07) is 5.02. The predicted octanol–water partition coefficient (Wildman–Crippen LogP) is -0.874. The normalized spacial score (nSPS) is 24.8. The molecule has 3 rings (SSSR count). The van der Waals surface area contributed by atoms with Crippen LogP contribution in [0.3, 0.4) is 0 Å². The number of rotatable bonds is 10. The van der Waals surface area contributed by atoms with E-state index in [1.165, 1.54) is 25.1 Å². The van der Waals surface area contributed by atoms with Crippen LogP contribution in [0.25, 0.3) is 0 Å². The van der Waals surface area contributed by atoms with E-state index in [1.807, 2.05) is 4.98 Å². The summed E-state index contributed by atoms with van der Waals surface area (Å²) in [4.78, 5) is 56.5. The maximum atomic E-state index is 12.5. The molecular weight excluding hydrogens is 540 g/mol. The number of carbonyl (C=O) groups excluding carboxylic acids is 1. The molecule has 204 valence electrons. The summed E-state index contributed by atoms with van der Waals surface area (Å²) in [5.41, 5.74) is -1.08. The van der Waals surface area contributed by atoms with E-state index in [9.17, 15) is 48.6 Å². The fourth-order valence-electron chi connectivity index (χ4n) is 3.56.